The van der Waals surface area contributed by atoms with Crippen LogP contribution in [0.1, 0.15) is 17.9 Å². The molecule has 0 spiro atoms. The molecule has 1 fully saturated rings. The molecule has 1 aliphatic rings. The van der Waals surface area contributed by atoms with Gasteiger partial charge in [-0.2, -0.15) is 0 Å². The number of halogens is 2. The third kappa shape index (κ3) is 1.45. The van der Waals surface area contributed by atoms with E-state index in [-0.39, 0.29) is 0 Å². The maximum absolute atomic E-state index is 5.86. The van der Waals surface area contributed by atoms with Gasteiger partial charge >= 0.3 is 0 Å². The van der Waals surface area contributed by atoms with Crippen LogP contribution in [0.25, 0.3) is 0 Å². The summed E-state index contributed by atoms with van der Waals surface area (Å²) in [4.78, 5) is 0. The van der Waals surface area contributed by atoms with Gasteiger partial charge in [-0.25, -0.2) is 0 Å². The summed E-state index contributed by atoms with van der Waals surface area (Å²) in [5.41, 5.74) is 6.92. The van der Waals surface area contributed by atoms with Crippen molar-refractivity contribution in [2.45, 2.75) is 18.4 Å². The van der Waals surface area contributed by atoms with E-state index in [9.17, 15) is 0 Å². The lowest BCUT2D eigenvalue weighted by Gasteiger charge is -2.00. The zero-order valence-corrected chi connectivity index (χ0v) is 7.94. The highest BCUT2D eigenvalue weighted by Gasteiger charge is 2.34. The average Bonchev–Trinajstić information content (AvgIpc) is 2.73. The zero-order valence-electron chi connectivity index (χ0n) is 6.43. The Morgan fingerprint density at radius 2 is 1.92 bits per heavy atom. The van der Waals surface area contributed by atoms with Gasteiger partial charge in [0.2, 0.25) is 0 Å². The number of benzene rings is 1. The molecule has 2 atom stereocenters. The molecular weight excluding hydrogens is 193 g/mol. The number of hydrogen-bond acceptors (Lipinski definition) is 1. The third-order valence-corrected chi connectivity index (χ3v) is 2.95. The van der Waals surface area contributed by atoms with Gasteiger partial charge in [0.25, 0.3) is 0 Å². The Bertz CT molecular complexity index is 311. The van der Waals surface area contributed by atoms with Crippen LogP contribution in [-0.2, 0) is 0 Å². The maximum Gasteiger partial charge on any atom is 0.0595 e. The normalized spacial score (nSPS) is 27.2. The molecule has 3 heteroatoms. The van der Waals surface area contributed by atoms with E-state index in [2.05, 4.69) is 0 Å². The third-order valence-electron chi connectivity index (χ3n) is 2.21. The summed E-state index contributed by atoms with van der Waals surface area (Å²) in [6, 6.07) is 6.04. The van der Waals surface area contributed by atoms with E-state index in [0.29, 0.717) is 22.0 Å². The fourth-order valence-electron chi connectivity index (χ4n) is 1.34. The Morgan fingerprint density at radius 3 is 2.42 bits per heavy atom. The van der Waals surface area contributed by atoms with Crippen LogP contribution in [-0.4, -0.2) is 6.04 Å². The van der Waals surface area contributed by atoms with Crippen molar-refractivity contribution in [2.75, 3.05) is 0 Å². The summed E-state index contributed by atoms with van der Waals surface area (Å²) < 4.78 is 0. The minimum absolute atomic E-state index is 0.322. The van der Waals surface area contributed by atoms with Crippen LogP contribution in [0.4, 0.5) is 0 Å². The summed E-state index contributed by atoms with van der Waals surface area (Å²) in [6.07, 6.45) is 1.07. The standard InChI is InChI=1S/C9H9Cl2N/c10-7-2-1-5(3-8(7)11)6-4-9(6)12/h1-3,6,9H,4,12H2/t6-,9+/m0/s1. The van der Waals surface area contributed by atoms with Crippen LogP contribution >= 0.6 is 23.2 Å². The maximum atomic E-state index is 5.86. The summed E-state index contributed by atoms with van der Waals surface area (Å²) in [5, 5.41) is 1.22. The Morgan fingerprint density at radius 1 is 1.25 bits per heavy atom. The summed E-state index contributed by atoms with van der Waals surface area (Å²) in [5.74, 6) is 0.500. The molecule has 0 radical (unpaired) electrons. The molecule has 12 heavy (non-hydrogen) atoms. The molecule has 1 nitrogen and oxygen atoms in total. The summed E-state index contributed by atoms with van der Waals surface area (Å²) in [7, 11) is 0. The van der Waals surface area contributed by atoms with Gasteiger partial charge in [0.05, 0.1) is 10.0 Å². The SMILES string of the molecule is N[C@@H]1C[C@H]1c1ccc(Cl)c(Cl)c1. The molecule has 0 saturated heterocycles. The minimum atomic E-state index is 0.322. The van der Waals surface area contributed by atoms with Gasteiger partial charge in [0, 0.05) is 12.0 Å². The minimum Gasteiger partial charge on any atom is -0.327 e. The van der Waals surface area contributed by atoms with Gasteiger partial charge in [0.1, 0.15) is 0 Å². The van der Waals surface area contributed by atoms with Crippen molar-refractivity contribution >= 4 is 23.2 Å². The lowest BCUT2D eigenvalue weighted by molar-refractivity contribution is 0.991. The zero-order chi connectivity index (χ0) is 8.72. The molecule has 0 heterocycles. The van der Waals surface area contributed by atoms with Crippen molar-refractivity contribution in [1.29, 1.82) is 0 Å². The number of nitrogens with two attached hydrogens (primary N) is 1. The Labute approximate surface area is 81.5 Å². The van der Waals surface area contributed by atoms with E-state index in [1.807, 2.05) is 18.2 Å². The van der Waals surface area contributed by atoms with Crippen molar-refractivity contribution in [1.82, 2.24) is 0 Å². The van der Waals surface area contributed by atoms with Gasteiger partial charge in [0.15, 0.2) is 0 Å². The quantitative estimate of drug-likeness (QED) is 0.744. The van der Waals surface area contributed by atoms with E-state index in [1.54, 1.807) is 0 Å². The van der Waals surface area contributed by atoms with Crippen LogP contribution in [0.2, 0.25) is 10.0 Å². The molecule has 1 aromatic rings. The van der Waals surface area contributed by atoms with Crippen LogP contribution < -0.4 is 5.73 Å². The molecule has 0 aliphatic heterocycles. The van der Waals surface area contributed by atoms with Crippen molar-refractivity contribution in [2.24, 2.45) is 5.73 Å². The highest BCUT2D eigenvalue weighted by molar-refractivity contribution is 6.42. The molecule has 2 rings (SSSR count). The molecule has 0 bridgehead atoms. The first kappa shape index (κ1) is 8.36. The van der Waals surface area contributed by atoms with Gasteiger partial charge in [-0.3, -0.25) is 0 Å². The summed E-state index contributed by atoms with van der Waals surface area (Å²) >= 11 is 11.6. The van der Waals surface area contributed by atoms with E-state index in [4.69, 9.17) is 28.9 Å². The average molecular weight is 202 g/mol. The first-order valence-corrected chi connectivity index (χ1v) is 4.64. The highest BCUT2D eigenvalue weighted by Crippen LogP contribution is 2.40. The van der Waals surface area contributed by atoms with Crippen LogP contribution in [0.5, 0.6) is 0 Å². The van der Waals surface area contributed by atoms with Crippen molar-refractivity contribution in [3.05, 3.63) is 33.8 Å². The van der Waals surface area contributed by atoms with Gasteiger partial charge in [-0.05, 0) is 24.1 Å². The Kier molecular flexibility index (Phi) is 2.03. The first-order chi connectivity index (χ1) is 5.68. The first-order valence-electron chi connectivity index (χ1n) is 3.89. The molecule has 0 aromatic heterocycles. The van der Waals surface area contributed by atoms with Crippen molar-refractivity contribution < 1.29 is 0 Å². The molecule has 64 valence electrons. The van der Waals surface area contributed by atoms with Crippen LogP contribution in [0.3, 0.4) is 0 Å². The van der Waals surface area contributed by atoms with Gasteiger partial charge < -0.3 is 5.73 Å². The lowest BCUT2D eigenvalue weighted by Crippen LogP contribution is -2.00. The summed E-state index contributed by atoms with van der Waals surface area (Å²) in [6.45, 7) is 0. The molecule has 2 N–H and O–H groups in total. The van der Waals surface area contributed by atoms with E-state index in [0.717, 1.165) is 6.42 Å². The second-order valence-corrected chi connectivity index (χ2v) is 3.99. The molecule has 1 aromatic carbocycles. The van der Waals surface area contributed by atoms with E-state index >= 15 is 0 Å². The van der Waals surface area contributed by atoms with E-state index < -0.39 is 0 Å². The molecule has 1 aliphatic carbocycles. The predicted molar refractivity (Wildman–Crippen MR) is 51.8 cm³/mol. The van der Waals surface area contributed by atoms with Gasteiger partial charge in [-0.1, -0.05) is 29.3 Å². The molecule has 1 saturated carbocycles. The van der Waals surface area contributed by atoms with Gasteiger partial charge in [-0.15, -0.1) is 0 Å². The molecule has 0 amide bonds. The molecule has 0 unspecified atom stereocenters. The fraction of sp³-hybridized carbons (Fsp3) is 0.333. The van der Waals surface area contributed by atoms with E-state index in [1.165, 1.54) is 5.56 Å². The predicted octanol–water partition coefficient (Wildman–Crippen LogP) is 2.81. The van der Waals surface area contributed by atoms with Crippen molar-refractivity contribution in [3.8, 4) is 0 Å². The van der Waals surface area contributed by atoms with Crippen LogP contribution in [0.15, 0.2) is 18.2 Å². The lowest BCUT2D eigenvalue weighted by atomic mass is 10.1. The van der Waals surface area contributed by atoms with Crippen molar-refractivity contribution in [3.63, 3.8) is 0 Å². The smallest absolute Gasteiger partial charge is 0.0595 e. The molecular formula is C9H9Cl2N. The Balaban J connectivity index is 2.29. The number of hydrogen-bond donors (Lipinski definition) is 1. The Hall–Kier alpha value is -0.240. The fourth-order valence-corrected chi connectivity index (χ4v) is 1.65. The second kappa shape index (κ2) is 2.91. The second-order valence-electron chi connectivity index (χ2n) is 3.18. The van der Waals surface area contributed by atoms with Crippen LogP contribution in [0, 0.1) is 0 Å². The largest absolute Gasteiger partial charge is 0.327 e. The topological polar surface area (TPSA) is 26.0 Å². The monoisotopic (exact) mass is 201 g/mol. The number of rotatable bonds is 1. The highest BCUT2D eigenvalue weighted by atomic mass is 35.5.